The molecule has 0 saturated carbocycles. The van der Waals surface area contributed by atoms with Crippen molar-refractivity contribution in [3.05, 3.63) is 41.2 Å². The number of nitrogens with two attached hydrogens (primary N) is 1. The molecule has 0 aliphatic rings. The van der Waals surface area contributed by atoms with Crippen molar-refractivity contribution in [2.24, 2.45) is 0 Å². The van der Waals surface area contributed by atoms with Gasteiger partial charge in [0.05, 0.1) is 23.0 Å². The average Bonchev–Trinajstić information content (AvgIpc) is 2.77. The highest BCUT2D eigenvalue weighted by atomic mass is 16.2. The van der Waals surface area contributed by atoms with Gasteiger partial charge in [-0.25, -0.2) is 0 Å². The third kappa shape index (κ3) is 2.26. The monoisotopic (exact) mass is 255 g/mol. The van der Waals surface area contributed by atoms with Gasteiger partial charge in [-0.15, -0.1) is 0 Å². The number of nitriles is 1. The molecule has 1 aromatic heterocycles. The van der Waals surface area contributed by atoms with Gasteiger partial charge >= 0.3 is 0 Å². The lowest BCUT2D eigenvalue weighted by Crippen LogP contribution is -2.27. The average molecular weight is 255 g/mol. The van der Waals surface area contributed by atoms with Crippen LogP contribution in [0, 0.1) is 18.3 Å². The first-order valence-electron chi connectivity index (χ1n) is 5.63. The lowest BCUT2D eigenvalue weighted by molar-refractivity contribution is 0.0989. The third-order valence-corrected chi connectivity index (χ3v) is 2.86. The van der Waals surface area contributed by atoms with Crippen LogP contribution in [0.25, 0.3) is 0 Å². The maximum atomic E-state index is 12.3. The molecule has 1 aromatic carbocycles. The molecule has 0 aliphatic carbocycles. The van der Waals surface area contributed by atoms with Crippen LogP contribution in [0.5, 0.6) is 0 Å². The first-order chi connectivity index (χ1) is 9.04. The van der Waals surface area contributed by atoms with Crippen LogP contribution in [0.3, 0.4) is 0 Å². The number of nitrogens with zero attached hydrogens (tertiary/aromatic N) is 3. The van der Waals surface area contributed by atoms with E-state index in [1.807, 2.05) is 6.07 Å². The van der Waals surface area contributed by atoms with Crippen LogP contribution < -0.4 is 10.6 Å². The lowest BCUT2D eigenvalue weighted by atomic mass is 10.2. The molecule has 0 saturated heterocycles. The van der Waals surface area contributed by atoms with Crippen LogP contribution in [0.1, 0.15) is 21.7 Å². The zero-order valence-electron chi connectivity index (χ0n) is 10.6. The van der Waals surface area contributed by atoms with Gasteiger partial charge in [0.2, 0.25) is 0 Å². The molecule has 6 nitrogen and oxygen atoms in total. The van der Waals surface area contributed by atoms with Crippen LogP contribution in [0.4, 0.5) is 11.4 Å². The Kier molecular flexibility index (Phi) is 3.21. The molecule has 1 heterocycles. The van der Waals surface area contributed by atoms with E-state index >= 15 is 0 Å². The number of amides is 1. The number of hydrogen-bond donors (Lipinski definition) is 2. The maximum absolute atomic E-state index is 12.3. The first-order valence-corrected chi connectivity index (χ1v) is 5.63. The lowest BCUT2D eigenvalue weighted by Gasteiger charge is -2.16. The van der Waals surface area contributed by atoms with Crippen LogP contribution in [-0.2, 0) is 0 Å². The number of carbonyl (C=O) groups is 1. The molecule has 6 heteroatoms. The summed E-state index contributed by atoms with van der Waals surface area (Å²) in [6, 6.07) is 8.80. The fourth-order valence-corrected chi connectivity index (χ4v) is 1.66. The molecule has 1 amide bonds. The summed E-state index contributed by atoms with van der Waals surface area (Å²) >= 11 is 0. The van der Waals surface area contributed by atoms with E-state index in [0.29, 0.717) is 22.6 Å². The second kappa shape index (κ2) is 4.82. The Bertz CT molecular complexity index is 668. The van der Waals surface area contributed by atoms with Gasteiger partial charge < -0.3 is 10.6 Å². The Labute approximate surface area is 110 Å². The van der Waals surface area contributed by atoms with Gasteiger partial charge in [-0.2, -0.15) is 10.4 Å². The van der Waals surface area contributed by atoms with Crippen LogP contribution in [-0.4, -0.2) is 23.2 Å². The highest BCUT2D eigenvalue weighted by Gasteiger charge is 2.20. The largest absolute Gasteiger partial charge is 0.395 e. The van der Waals surface area contributed by atoms with Crippen molar-refractivity contribution in [3.8, 4) is 6.07 Å². The Balaban J connectivity index is 2.34. The molecule has 2 aromatic rings. The number of aryl methyl sites for hydroxylation is 1. The molecule has 0 spiro atoms. The Morgan fingerprint density at radius 3 is 2.84 bits per heavy atom. The second-order valence-electron chi connectivity index (χ2n) is 4.14. The summed E-state index contributed by atoms with van der Waals surface area (Å²) in [6.45, 7) is 1.75. The van der Waals surface area contributed by atoms with Gasteiger partial charge in [-0.1, -0.05) is 6.07 Å². The predicted molar refractivity (Wildman–Crippen MR) is 71.6 cm³/mol. The van der Waals surface area contributed by atoms with Crippen LogP contribution in [0.2, 0.25) is 0 Å². The fourth-order valence-electron chi connectivity index (χ4n) is 1.66. The summed E-state index contributed by atoms with van der Waals surface area (Å²) in [5.74, 6) is -0.322. The summed E-state index contributed by atoms with van der Waals surface area (Å²) in [5.41, 5.74) is 8.06. The molecule has 0 aliphatic heterocycles. The van der Waals surface area contributed by atoms with E-state index in [2.05, 4.69) is 10.2 Å². The van der Waals surface area contributed by atoms with Crippen molar-refractivity contribution in [2.75, 3.05) is 17.7 Å². The molecule has 3 N–H and O–H groups in total. The molecule has 0 unspecified atom stereocenters. The van der Waals surface area contributed by atoms with Crippen molar-refractivity contribution < 1.29 is 4.79 Å². The van der Waals surface area contributed by atoms with Gasteiger partial charge in [-0.05, 0) is 25.1 Å². The van der Waals surface area contributed by atoms with Crippen LogP contribution in [0.15, 0.2) is 24.3 Å². The summed E-state index contributed by atoms with van der Waals surface area (Å²) in [6.07, 6.45) is 0. The molecule has 96 valence electrons. The first kappa shape index (κ1) is 12.6. The SMILES string of the molecule is Cc1[nH]nc(C(=O)N(C)c2cccc(C#N)c2)c1N. The number of aromatic amines is 1. The van der Waals surface area contributed by atoms with Crippen molar-refractivity contribution in [1.82, 2.24) is 10.2 Å². The van der Waals surface area contributed by atoms with Gasteiger partial charge in [0, 0.05) is 12.7 Å². The van der Waals surface area contributed by atoms with E-state index in [0.717, 1.165) is 0 Å². The topological polar surface area (TPSA) is 98.8 Å². The predicted octanol–water partition coefficient (Wildman–Crippen LogP) is 1.45. The molecular weight excluding hydrogens is 242 g/mol. The van der Waals surface area contributed by atoms with Crippen molar-refractivity contribution in [2.45, 2.75) is 6.92 Å². The number of nitrogen functional groups attached to an aromatic ring is 1. The minimum atomic E-state index is -0.322. The van der Waals surface area contributed by atoms with E-state index in [4.69, 9.17) is 11.0 Å². The van der Waals surface area contributed by atoms with E-state index in [9.17, 15) is 4.79 Å². The second-order valence-corrected chi connectivity index (χ2v) is 4.14. The van der Waals surface area contributed by atoms with Gasteiger partial charge in [-0.3, -0.25) is 9.89 Å². The molecule has 2 rings (SSSR count). The van der Waals surface area contributed by atoms with E-state index < -0.39 is 0 Å². The Hall–Kier alpha value is -2.81. The highest BCUT2D eigenvalue weighted by Crippen LogP contribution is 2.20. The molecule has 0 atom stereocenters. The summed E-state index contributed by atoms with van der Waals surface area (Å²) in [5, 5.41) is 15.4. The standard InChI is InChI=1S/C13H13N5O/c1-8-11(15)12(17-16-8)13(19)18(2)10-5-3-4-9(6-10)7-14/h3-6H,15H2,1-2H3,(H,16,17). The zero-order chi connectivity index (χ0) is 14.0. The number of benzene rings is 1. The fraction of sp³-hybridized carbons (Fsp3) is 0.154. The molecule has 0 radical (unpaired) electrons. The van der Waals surface area contributed by atoms with Crippen molar-refractivity contribution in [1.29, 1.82) is 5.26 Å². The number of rotatable bonds is 2. The molecule has 19 heavy (non-hydrogen) atoms. The number of hydrogen-bond acceptors (Lipinski definition) is 4. The molecule has 0 bridgehead atoms. The minimum Gasteiger partial charge on any atom is -0.395 e. The third-order valence-electron chi connectivity index (χ3n) is 2.86. The number of nitrogens with one attached hydrogen (secondary N) is 1. The summed E-state index contributed by atoms with van der Waals surface area (Å²) in [7, 11) is 1.61. The van der Waals surface area contributed by atoms with Crippen LogP contribution >= 0.6 is 0 Å². The Morgan fingerprint density at radius 2 is 2.26 bits per heavy atom. The molecule has 0 fully saturated rings. The quantitative estimate of drug-likeness (QED) is 0.848. The summed E-state index contributed by atoms with van der Waals surface area (Å²) in [4.78, 5) is 13.7. The minimum absolute atomic E-state index is 0.183. The number of anilines is 2. The Morgan fingerprint density at radius 1 is 1.53 bits per heavy atom. The zero-order valence-corrected chi connectivity index (χ0v) is 10.6. The normalized spacial score (nSPS) is 9.95. The number of aromatic nitrogens is 2. The van der Waals surface area contributed by atoms with Crippen molar-refractivity contribution in [3.63, 3.8) is 0 Å². The maximum Gasteiger partial charge on any atom is 0.280 e. The highest BCUT2D eigenvalue weighted by molar-refractivity contribution is 6.07. The smallest absolute Gasteiger partial charge is 0.280 e. The van der Waals surface area contributed by atoms with E-state index in [1.165, 1.54) is 4.90 Å². The number of H-pyrrole nitrogens is 1. The summed E-state index contributed by atoms with van der Waals surface area (Å²) < 4.78 is 0. The number of carbonyl (C=O) groups excluding carboxylic acids is 1. The van der Waals surface area contributed by atoms with Gasteiger partial charge in [0.25, 0.3) is 5.91 Å². The van der Waals surface area contributed by atoms with Crippen molar-refractivity contribution >= 4 is 17.3 Å². The molecular formula is C13H13N5O. The van der Waals surface area contributed by atoms with E-state index in [1.54, 1.807) is 38.2 Å². The van der Waals surface area contributed by atoms with Gasteiger partial charge in [0.1, 0.15) is 0 Å². The van der Waals surface area contributed by atoms with Gasteiger partial charge in [0.15, 0.2) is 5.69 Å². The van der Waals surface area contributed by atoms with E-state index in [-0.39, 0.29) is 11.6 Å².